The van der Waals surface area contributed by atoms with Crippen molar-refractivity contribution in [3.63, 3.8) is 0 Å². The maximum absolute atomic E-state index is 10.6. The van der Waals surface area contributed by atoms with Crippen molar-refractivity contribution >= 4 is 17.6 Å². The molecule has 4 nitrogen and oxygen atoms in total. The van der Waals surface area contributed by atoms with Crippen molar-refractivity contribution in [2.45, 2.75) is 19.5 Å². The van der Waals surface area contributed by atoms with E-state index in [9.17, 15) is 4.79 Å². The van der Waals surface area contributed by atoms with Crippen molar-refractivity contribution in [2.24, 2.45) is 0 Å². The normalized spacial score (nSPS) is 20.5. The summed E-state index contributed by atoms with van der Waals surface area (Å²) >= 11 is 5.82. The highest BCUT2D eigenvalue weighted by atomic mass is 35.5. The van der Waals surface area contributed by atoms with Crippen LogP contribution in [0.3, 0.4) is 0 Å². The second-order valence-corrected chi connectivity index (χ2v) is 3.64. The monoisotopic (exact) mass is 228 g/mol. The van der Waals surface area contributed by atoms with E-state index in [0.717, 1.165) is 11.1 Å². The molecule has 15 heavy (non-hydrogen) atoms. The summed E-state index contributed by atoms with van der Waals surface area (Å²) in [7, 11) is 0. The fraction of sp³-hybridized carbons (Fsp3) is 0.300. The van der Waals surface area contributed by atoms with Crippen molar-refractivity contribution in [1.82, 2.24) is 0 Å². The van der Waals surface area contributed by atoms with Crippen LogP contribution in [0.15, 0.2) is 18.2 Å². The van der Waals surface area contributed by atoms with Crippen molar-refractivity contribution < 1.29 is 19.4 Å². The second-order valence-electron chi connectivity index (χ2n) is 3.21. The Hall–Kier alpha value is -1.10. The van der Waals surface area contributed by atoms with Gasteiger partial charge in [0.25, 0.3) is 6.29 Å². The Balaban J connectivity index is 2.21. The zero-order valence-corrected chi connectivity index (χ0v) is 8.53. The number of fused-ring (bicyclic) bond motifs is 1. The summed E-state index contributed by atoms with van der Waals surface area (Å²) in [6.45, 7) is 0.427. The van der Waals surface area contributed by atoms with Gasteiger partial charge in [-0.1, -0.05) is 17.7 Å². The summed E-state index contributed by atoms with van der Waals surface area (Å²) in [5.74, 6) is -1.12. The van der Waals surface area contributed by atoms with Gasteiger partial charge in [0, 0.05) is 5.02 Å². The lowest BCUT2D eigenvalue weighted by molar-refractivity contribution is -0.192. The van der Waals surface area contributed by atoms with Crippen LogP contribution in [0.2, 0.25) is 5.02 Å². The van der Waals surface area contributed by atoms with E-state index in [-0.39, 0.29) is 13.2 Å². The average Bonchev–Trinajstić information content (AvgIpc) is 2.39. The van der Waals surface area contributed by atoms with Crippen LogP contribution in [-0.4, -0.2) is 17.4 Å². The van der Waals surface area contributed by atoms with Gasteiger partial charge in [-0.2, -0.15) is 0 Å². The molecule has 5 heteroatoms. The molecule has 0 saturated carbocycles. The Bertz CT molecular complexity index is 391. The Morgan fingerprint density at radius 1 is 1.33 bits per heavy atom. The Labute approximate surface area is 91.4 Å². The molecular weight excluding hydrogens is 220 g/mol. The van der Waals surface area contributed by atoms with Crippen molar-refractivity contribution in [3.05, 3.63) is 34.3 Å². The molecule has 0 fully saturated rings. The molecule has 1 aromatic rings. The number of aliphatic carboxylic acids is 1. The fourth-order valence-corrected chi connectivity index (χ4v) is 1.59. The average molecular weight is 229 g/mol. The fourth-order valence-electron chi connectivity index (χ4n) is 1.39. The number of rotatable bonds is 1. The lowest BCUT2D eigenvalue weighted by atomic mass is 10.1. The van der Waals surface area contributed by atoms with Gasteiger partial charge in [-0.05, 0) is 23.3 Å². The summed E-state index contributed by atoms with van der Waals surface area (Å²) in [6.07, 6.45) is -1.20. The van der Waals surface area contributed by atoms with Gasteiger partial charge in [0.05, 0.1) is 13.2 Å². The van der Waals surface area contributed by atoms with Crippen LogP contribution >= 0.6 is 11.6 Å². The predicted octanol–water partition coefficient (Wildman–Crippen LogP) is 1.80. The molecule has 0 bridgehead atoms. The lowest BCUT2D eigenvalue weighted by Crippen LogP contribution is -2.25. The lowest BCUT2D eigenvalue weighted by Gasteiger charge is -2.08. The SMILES string of the molecule is O=C(O)C1OCc2ccc(Cl)cc2CO1. The standard InChI is InChI=1S/C10H9ClO4/c11-8-2-1-6-4-14-10(9(12)13)15-5-7(6)3-8/h1-3,10H,4-5H2,(H,12,13). The molecule has 1 aromatic carbocycles. The number of carboxylic acids is 1. The van der Waals surface area contributed by atoms with E-state index in [0.29, 0.717) is 5.02 Å². The van der Waals surface area contributed by atoms with E-state index in [1.807, 2.05) is 6.07 Å². The van der Waals surface area contributed by atoms with Crippen LogP contribution in [0.25, 0.3) is 0 Å². The third-order valence-electron chi connectivity index (χ3n) is 2.15. The predicted molar refractivity (Wildman–Crippen MR) is 52.5 cm³/mol. The highest BCUT2D eigenvalue weighted by molar-refractivity contribution is 6.30. The first-order valence-corrected chi connectivity index (χ1v) is 4.78. The van der Waals surface area contributed by atoms with Gasteiger partial charge >= 0.3 is 5.97 Å². The minimum absolute atomic E-state index is 0.201. The molecule has 0 aromatic heterocycles. The number of hydrogen-bond acceptors (Lipinski definition) is 3. The number of ether oxygens (including phenoxy) is 2. The van der Waals surface area contributed by atoms with E-state index in [2.05, 4.69) is 0 Å². The molecule has 1 aliphatic heterocycles. The smallest absolute Gasteiger partial charge is 0.361 e. The number of carboxylic acid groups (broad SMARTS) is 1. The van der Waals surface area contributed by atoms with Crippen LogP contribution in [0.5, 0.6) is 0 Å². The van der Waals surface area contributed by atoms with Crippen molar-refractivity contribution in [2.75, 3.05) is 0 Å². The molecule has 1 aliphatic rings. The Morgan fingerprint density at radius 2 is 2.00 bits per heavy atom. The number of hydrogen-bond donors (Lipinski definition) is 1. The first-order valence-electron chi connectivity index (χ1n) is 4.40. The second kappa shape index (κ2) is 4.18. The third-order valence-corrected chi connectivity index (χ3v) is 2.39. The molecule has 0 amide bonds. The van der Waals surface area contributed by atoms with Gasteiger partial charge in [-0.25, -0.2) is 4.79 Å². The van der Waals surface area contributed by atoms with Crippen LogP contribution in [-0.2, 0) is 27.5 Å². The summed E-state index contributed by atoms with van der Waals surface area (Å²) in [5, 5.41) is 9.32. The molecule has 0 saturated heterocycles. The maximum atomic E-state index is 10.6. The third kappa shape index (κ3) is 2.28. The van der Waals surface area contributed by atoms with Gasteiger partial charge in [-0.15, -0.1) is 0 Å². The van der Waals surface area contributed by atoms with Gasteiger partial charge in [0.2, 0.25) is 0 Å². The van der Waals surface area contributed by atoms with E-state index in [4.69, 9.17) is 26.2 Å². The van der Waals surface area contributed by atoms with Gasteiger partial charge in [-0.3, -0.25) is 0 Å². The number of halogens is 1. The first-order chi connectivity index (χ1) is 7.16. The van der Waals surface area contributed by atoms with Gasteiger partial charge < -0.3 is 14.6 Å². The summed E-state index contributed by atoms with van der Waals surface area (Å²) < 4.78 is 10.1. The minimum atomic E-state index is -1.20. The summed E-state index contributed by atoms with van der Waals surface area (Å²) in [4.78, 5) is 10.6. The molecule has 1 atom stereocenters. The molecule has 80 valence electrons. The zero-order chi connectivity index (χ0) is 10.8. The topological polar surface area (TPSA) is 55.8 Å². The summed E-state index contributed by atoms with van der Waals surface area (Å²) in [5.41, 5.74) is 1.77. The van der Waals surface area contributed by atoms with E-state index in [1.54, 1.807) is 12.1 Å². The molecule has 0 aliphatic carbocycles. The molecule has 1 heterocycles. The Kier molecular flexibility index (Phi) is 2.90. The highest BCUT2D eigenvalue weighted by Crippen LogP contribution is 2.21. The number of carbonyl (C=O) groups is 1. The first kappa shape index (κ1) is 10.4. The van der Waals surface area contributed by atoms with Crippen molar-refractivity contribution in [3.8, 4) is 0 Å². The van der Waals surface area contributed by atoms with Crippen LogP contribution in [0.1, 0.15) is 11.1 Å². The quantitative estimate of drug-likeness (QED) is 0.796. The van der Waals surface area contributed by atoms with E-state index < -0.39 is 12.3 Å². The Morgan fingerprint density at radius 3 is 2.67 bits per heavy atom. The van der Waals surface area contributed by atoms with Crippen LogP contribution in [0.4, 0.5) is 0 Å². The molecule has 2 rings (SSSR count). The molecular formula is C10H9ClO4. The molecule has 0 spiro atoms. The minimum Gasteiger partial charge on any atom is -0.477 e. The highest BCUT2D eigenvalue weighted by Gasteiger charge is 2.23. The van der Waals surface area contributed by atoms with Crippen molar-refractivity contribution in [1.29, 1.82) is 0 Å². The van der Waals surface area contributed by atoms with Gasteiger partial charge in [0.15, 0.2) is 0 Å². The molecule has 1 N–H and O–H groups in total. The largest absolute Gasteiger partial charge is 0.477 e. The molecule has 0 radical (unpaired) electrons. The zero-order valence-electron chi connectivity index (χ0n) is 7.77. The number of benzene rings is 1. The molecule has 1 unspecified atom stereocenters. The van der Waals surface area contributed by atoms with Gasteiger partial charge in [0.1, 0.15) is 0 Å². The van der Waals surface area contributed by atoms with E-state index >= 15 is 0 Å². The van der Waals surface area contributed by atoms with Crippen LogP contribution in [0, 0.1) is 0 Å². The maximum Gasteiger partial charge on any atom is 0.361 e. The van der Waals surface area contributed by atoms with E-state index in [1.165, 1.54) is 0 Å². The summed E-state index contributed by atoms with van der Waals surface area (Å²) in [6, 6.07) is 5.31. The van der Waals surface area contributed by atoms with Crippen LogP contribution < -0.4 is 0 Å².